The summed E-state index contributed by atoms with van der Waals surface area (Å²) in [5.74, 6) is 2.17. The second-order valence-electron chi connectivity index (χ2n) is 9.97. The van der Waals surface area contributed by atoms with Gasteiger partial charge in [0.05, 0.1) is 0 Å². The van der Waals surface area contributed by atoms with Crippen LogP contribution in [0.4, 0.5) is 0 Å². The molecule has 0 aliphatic carbocycles. The second kappa shape index (κ2) is 12.1. The third-order valence-corrected chi connectivity index (χ3v) is 6.53. The van der Waals surface area contributed by atoms with Crippen molar-refractivity contribution in [3.8, 4) is 11.5 Å². The fourth-order valence-corrected chi connectivity index (χ4v) is 4.24. The van der Waals surface area contributed by atoms with E-state index in [1.165, 1.54) is 11.1 Å². The van der Waals surface area contributed by atoms with Crippen molar-refractivity contribution in [1.82, 2.24) is 9.80 Å². The van der Waals surface area contributed by atoms with Crippen molar-refractivity contribution >= 4 is 11.8 Å². The molecule has 0 saturated carbocycles. The molecule has 0 radical (unpaired) electrons. The van der Waals surface area contributed by atoms with Crippen LogP contribution in [0.25, 0.3) is 0 Å². The summed E-state index contributed by atoms with van der Waals surface area (Å²) < 4.78 is 11.8. The molecule has 2 atom stereocenters. The smallest absolute Gasteiger partial charge is 0.263 e. The van der Waals surface area contributed by atoms with Crippen molar-refractivity contribution in [2.45, 2.75) is 72.0 Å². The zero-order valence-electron chi connectivity index (χ0n) is 22.0. The third-order valence-electron chi connectivity index (χ3n) is 6.53. The molecule has 2 aromatic carbocycles. The summed E-state index contributed by atoms with van der Waals surface area (Å²) >= 11 is 0. The van der Waals surface area contributed by atoms with Gasteiger partial charge >= 0.3 is 0 Å². The molecule has 1 fully saturated rings. The molecule has 190 valence electrons. The quantitative estimate of drug-likeness (QED) is 0.519. The Hall–Kier alpha value is -3.02. The predicted molar refractivity (Wildman–Crippen MR) is 139 cm³/mol. The molecule has 1 heterocycles. The number of benzene rings is 2. The first-order chi connectivity index (χ1) is 16.7. The lowest BCUT2D eigenvalue weighted by Gasteiger charge is -2.26. The van der Waals surface area contributed by atoms with Gasteiger partial charge in [0, 0.05) is 26.2 Å². The SMILES string of the molecule is CC(Oc1ccc(C(C)C)cc1)C(=O)N1CCCN(C(=O)C(C)Oc2ccc(C(C)C)cc2)CC1. The minimum Gasteiger partial charge on any atom is -0.481 e. The van der Waals surface area contributed by atoms with E-state index in [0.717, 1.165) is 6.42 Å². The predicted octanol–water partition coefficient (Wildman–Crippen LogP) is 5.23. The number of carbonyl (C=O) groups is 2. The standard InChI is InChI=1S/C29H40N2O4/c1-20(2)24-8-12-26(13-9-24)34-22(5)28(32)30-16-7-17-31(19-18-30)29(33)23(6)35-27-14-10-25(11-15-27)21(3)4/h8-15,20-23H,7,16-19H2,1-6H3. The number of nitrogens with zero attached hydrogens (tertiary/aromatic N) is 2. The Balaban J connectivity index is 1.51. The van der Waals surface area contributed by atoms with Gasteiger partial charge in [0.15, 0.2) is 12.2 Å². The van der Waals surface area contributed by atoms with E-state index in [0.29, 0.717) is 49.5 Å². The van der Waals surface area contributed by atoms with Gasteiger partial charge < -0.3 is 19.3 Å². The highest BCUT2D eigenvalue weighted by Gasteiger charge is 2.28. The maximum Gasteiger partial charge on any atom is 0.263 e. The number of hydrogen-bond donors (Lipinski definition) is 0. The molecule has 1 aliphatic heterocycles. The molecule has 2 amide bonds. The molecule has 0 N–H and O–H groups in total. The van der Waals surface area contributed by atoms with Gasteiger partial charge in [0.2, 0.25) is 0 Å². The molecule has 3 rings (SSSR count). The average molecular weight is 481 g/mol. The number of ether oxygens (including phenoxy) is 2. The molecular formula is C29H40N2O4. The van der Waals surface area contributed by atoms with Crippen LogP contribution in [-0.2, 0) is 9.59 Å². The summed E-state index contributed by atoms with van der Waals surface area (Å²) in [6, 6.07) is 15.8. The van der Waals surface area contributed by atoms with E-state index in [2.05, 4.69) is 27.7 Å². The zero-order valence-corrected chi connectivity index (χ0v) is 22.0. The van der Waals surface area contributed by atoms with Gasteiger partial charge in [0.25, 0.3) is 11.8 Å². The van der Waals surface area contributed by atoms with Crippen LogP contribution < -0.4 is 9.47 Å². The van der Waals surface area contributed by atoms with Gasteiger partial charge in [-0.2, -0.15) is 0 Å². The Morgan fingerprint density at radius 3 is 1.26 bits per heavy atom. The van der Waals surface area contributed by atoms with Gasteiger partial charge in [-0.3, -0.25) is 9.59 Å². The monoisotopic (exact) mass is 480 g/mol. The summed E-state index contributed by atoms with van der Waals surface area (Å²) in [6.07, 6.45) is -0.445. The lowest BCUT2D eigenvalue weighted by Crippen LogP contribution is -2.45. The fourth-order valence-electron chi connectivity index (χ4n) is 4.24. The van der Waals surface area contributed by atoms with Gasteiger partial charge in [0.1, 0.15) is 11.5 Å². The average Bonchev–Trinajstić information content (AvgIpc) is 3.10. The van der Waals surface area contributed by atoms with Gasteiger partial charge in [-0.15, -0.1) is 0 Å². The maximum absolute atomic E-state index is 13.0. The Kier molecular flexibility index (Phi) is 9.19. The molecule has 2 aromatic rings. The highest BCUT2D eigenvalue weighted by molar-refractivity contribution is 5.82. The van der Waals surface area contributed by atoms with Gasteiger partial charge in [-0.1, -0.05) is 52.0 Å². The molecule has 6 heteroatoms. The summed E-state index contributed by atoms with van der Waals surface area (Å²) in [5, 5.41) is 0. The van der Waals surface area contributed by atoms with Crippen LogP contribution in [0, 0.1) is 0 Å². The number of rotatable bonds is 8. The van der Waals surface area contributed by atoms with E-state index >= 15 is 0 Å². The largest absolute Gasteiger partial charge is 0.481 e. The summed E-state index contributed by atoms with van der Waals surface area (Å²) in [7, 11) is 0. The first-order valence-electron chi connectivity index (χ1n) is 12.8. The molecule has 6 nitrogen and oxygen atoms in total. The maximum atomic E-state index is 13.0. The molecule has 0 bridgehead atoms. The van der Waals surface area contributed by atoms with Crippen molar-refractivity contribution in [3.05, 3.63) is 59.7 Å². The fraction of sp³-hybridized carbons (Fsp3) is 0.517. The number of amides is 2. The van der Waals surface area contributed by atoms with Crippen molar-refractivity contribution in [2.24, 2.45) is 0 Å². The van der Waals surface area contributed by atoms with Gasteiger partial charge in [-0.05, 0) is 67.5 Å². The lowest BCUT2D eigenvalue weighted by atomic mass is 10.0. The summed E-state index contributed by atoms with van der Waals surface area (Å²) in [5.41, 5.74) is 2.47. The van der Waals surface area contributed by atoms with Crippen molar-refractivity contribution in [1.29, 1.82) is 0 Å². The first-order valence-corrected chi connectivity index (χ1v) is 12.8. The molecule has 35 heavy (non-hydrogen) atoms. The van der Waals surface area contributed by atoms with Gasteiger partial charge in [-0.25, -0.2) is 0 Å². The Morgan fingerprint density at radius 2 is 0.943 bits per heavy atom. The van der Waals surface area contributed by atoms with Crippen molar-refractivity contribution in [3.63, 3.8) is 0 Å². The third kappa shape index (κ3) is 7.23. The Labute approximate surface area is 210 Å². The van der Waals surface area contributed by atoms with E-state index in [4.69, 9.17) is 9.47 Å². The molecule has 1 aliphatic rings. The first kappa shape index (κ1) is 26.6. The topological polar surface area (TPSA) is 59.1 Å². The second-order valence-corrected chi connectivity index (χ2v) is 9.97. The van der Waals surface area contributed by atoms with E-state index in [1.54, 1.807) is 23.6 Å². The number of carbonyl (C=O) groups excluding carboxylic acids is 2. The van der Waals surface area contributed by atoms with E-state index in [9.17, 15) is 9.59 Å². The van der Waals surface area contributed by atoms with Crippen LogP contribution in [0.5, 0.6) is 11.5 Å². The summed E-state index contributed by atoms with van der Waals surface area (Å²) in [6.45, 7) is 14.3. The highest BCUT2D eigenvalue weighted by atomic mass is 16.5. The normalized spacial score (nSPS) is 16.1. The highest BCUT2D eigenvalue weighted by Crippen LogP contribution is 2.21. The van der Waals surface area contributed by atoms with Crippen LogP contribution >= 0.6 is 0 Å². The minimum absolute atomic E-state index is 0.0539. The molecule has 0 spiro atoms. The molecule has 1 saturated heterocycles. The van der Waals surface area contributed by atoms with Crippen LogP contribution in [0.2, 0.25) is 0 Å². The lowest BCUT2D eigenvalue weighted by molar-refractivity contribution is -0.140. The molecular weight excluding hydrogens is 440 g/mol. The van der Waals surface area contributed by atoms with Crippen LogP contribution in [-0.4, -0.2) is 60.0 Å². The van der Waals surface area contributed by atoms with Crippen molar-refractivity contribution < 1.29 is 19.1 Å². The van der Waals surface area contributed by atoms with E-state index < -0.39 is 12.2 Å². The van der Waals surface area contributed by atoms with E-state index in [1.807, 2.05) is 48.5 Å². The van der Waals surface area contributed by atoms with E-state index in [-0.39, 0.29) is 11.8 Å². The van der Waals surface area contributed by atoms with Crippen LogP contribution in [0.3, 0.4) is 0 Å². The van der Waals surface area contributed by atoms with Crippen LogP contribution in [0.1, 0.15) is 70.9 Å². The Bertz CT molecular complexity index is 890. The minimum atomic E-state index is -0.585. The zero-order chi connectivity index (χ0) is 25.5. The van der Waals surface area contributed by atoms with Crippen LogP contribution in [0.15, 0.2) is 48.5 Å². The summed E-state index contributed by atoms with van der Waals surface area (Å²) in [4.78, 5) is 29.7. The van der Waals surface area contributed by atoms with Crippen molar-refractivity contribution in [2.75, 3.05) is 26.2 Å². The molecule has 0 aromatic heterocycles. The Morgan fingerprint density at radius 1 is 0.600 bits per heavy atom. The molecule has 2 unspecified atom stereocenters. The number of hydrogen-bond acceptors (Lipinski definition) is 4.